The van der Waals surface area contributed by atoms with Crippen LogP contribution in [0.2, 0.25) is 0 Å². The molecule has 0 amide bonds. The normalized spacial score (nSPS) is 42.2. The number of benzene rings is 1. The van der Waals surface area contributed by atoms with Crippen LogP contribution in [0.25, 0.3) is 0 Å². The first kappa shape index (κ1) is 27.9. The number of ether oxygens (including phenoxy) is 5. The Morgan fingerprint density at radius 1 is 1.05 bits per heavy atom. The molecule has 1 aromatic rings. The first-order valence-corrected chi connectivity index (χ1v) is 13.8. The number of aliphatic hydroxyl groups excluding tert-OH is 2. The highest BCUT2D eigenvalue weighted by molar-refractivity contribution is 5.94. The Morgan fingerprint density at radius 3 is 2.34 bits per heavy atom. The van der Waals surface area contributed by atoms with Crippen molar-refractivity contribution >= 4 is 23.9 Å². The molecule has 2 saturated heterocycles. The minimum Gasteiger partial charge on any atom is -0.454 e. The van der Waals surface area contributed by atoms with E-state index in [1.54, 1.807) is 51.1 Å². The van der Waals surface area contributed by atoms with E-state index in [0.29, 0.717) is 11.1 Å². The number of hydrogen-bond donors (Lipinski definition) is 2. The maximum Gasteiger partial charge on any atom is 0.509 e. The molecule has 5 aliphatic rings. The first-order chi connectivity index (χ1) is 19.2. The third-order valence-electron chi connectivity index (χ3n) is 10.3. The van der Waals surface area contributed by atoms with Crippen LogP contribution in [0.5, 0.6) is 0 Å². The lowest BCUT2D eigenvalue weighted by Crippen LogP contribution is -2.82. The second kappa shape index (κ2) is 8.86. The van der Waals surface area contributed by atoms with Gasteiger partial charge in [-0.1, -0.05) is 37.6 Å². The largest absolute Gasteiger partial charge is 0.509 e. The Bertz CT molecular complexity index is 1370. The van der Waals surface area contributed by atoms with E-state index < -0.39 is 82.3 Å². The van der Waals surface area contributed by atoms with Gasteiger partial charge in [0.15, 0.2) is 29.2 Å². The van der Waals surface area contributed by atoms with E-state index in [1.165, 1.54) is 13.8 Å². The van der Waals surface area contributed by atoms with Crippen LogP contribution in [-0.2, 0) is 33.3 Å². The molecule has 2 saturated carbocycles. The molecular weight excluding hydrogens is 536 g/mol. The van der Waals surface area contributed by atoms with Gasteiger partial charge in [-0.05, 0) is 31.6 Å². The van der Waals surface area contributed by atoms with Crippen molar-refractivity contribution in [3.63, 3.8) is 0 Å². The summed E-state index contributed by atoms with van der Waals surface area (Å²) in [6, 6.07) is 8.17. The minimum atomic E-state index is -1.83. The molecule has 6 rings (SSSR count). The molecule has 0 aromatic heterocycles. The lowest BCUT2D eigenvalue weighted by Gasteiger charge is -2.67. The summed E-state index contributed by atoms with van der Waals surface area (Å²) in [6.07, 6.45) is -7.38. The first-order valence-electron chi connectivity index (χ1n) is 13.8. The Balaban J connectivity index is 1.67. The van der Waals surface area contributed by atoms with E-state index in [0.717, 1.165) is 0 Å². The zero-order chi connectivity index (χ0) is 29.7. The number of hydrogen-bond acceptors (Lipinski definition) is 11. The molecule has 2 bridgehead atoms. The predicted molar refractivity (Wildman–Crippen MR) is 138 cm³/mol. The lowest BCUT2D eigenvalue weighted by atomic mass is 9.44. The average molecular weight is 571 g/mol. The van der Waals surface area contributed by atoms with Crippen molar-refractivity contribution in [1.29, 1.82) is 0 Å². The standard InChI is InChI=1S/C30H34O11/c1-14-11-19-30(41-26(36)38-19)24(39-25(35)16-9-7-6-8-10-16)22-28(5,23(34)21(33)20(14)27(30,3)4)17(32)12-18-29(22,13-37-18)40-15(2)31/h6-10,17-19,21-22,24,32-33H,11-13H2,1-5H3/t17-,18+,19-,21+,22?,24?,28+,29-,30+/m0/s1. The Kier molecular flexibility index (Phi) is 6.02. The number of rotatable bonds is 3. The van der Waals surface area contributed by atoms with Crippen molar-refractivity contribution in [2.75, 3.05) is 6.61 Å². The monoisotopic (exact) mass is 570 g/mol. The van der Waals surface area contributed by atoms with E-state index in [2.05, 4.69) is 0 Å². The van der Waals surface area contributed by atoms with Gasteiger partial charge >= 0.3 is 18.1 Å². The minimum absolute atomic E-state index is 0.0772. The van der Waals surface area contributed by atoms with Crippen LogP contribution in [0, 0.1) is 16.7 Å². The van der Waals surface area contributed by atoms with E-state index in [4.69, 9.17) is 23.7 Å². The summed E-state index contributed by atoms with van der Waals surface area (Å²) >= 11 is 0. The highest BCUT2D eigenvalue weighted by atomic mass is 16.8. The van der Waals surface area contributed by atoms with Gasteiger partial charge in [0.1, 0.15) is 12.2 Å². The molecule has 2 aliphatic heterocycles. The number of carbonyl (C=O) groups is 4. The van der Waals surface area contributed by atoms with E-state index in [1.807, 2.05) is 0 Å². The van der Waals surface area contributed by atoms with Gasteiger partial charge in [0.05, 0.1) is 29.6 Å². The second-order valence-electron chi connectivity index (χ2n) is 12.6. The predicted octanol–water partition coefficient (Wildman–Crippen LogP) is 2.26. The second-order valence-corrected chi connectivity index (χ2v) is 12.6. The van der Waals surface area contributed by atoms with Crippen LogP contribution < -0.4 is 0 Å². The summed E-state index contributed by atoms with van der Waals surface area (Å²) in [6.45, 7) is 7.67. The number of fused-ring (bicyclic) bond motifs is 4. The van der Waals surface area contributed by atoms with Crippen LogP contribution in [0.1, 0.15) is 57.8 Å². The average Bonchev–Trinajstić information content (AvgIpc) is 3.25. The summed E-state index contributed by atoms with van der Waals surface area (Å²) in [4.78, 5) is 53.8. The van der Waals surface area contributed by atoms with Gasteiger partial charge in [0.25, 0.3) is 0 Å². The van der Waals surface area contributed by atoms with Crippen molar-refractivity contribution in [3.8, 4) is 0 Å². The summed E-state index contributed by atoms with van der Waals surface area (Å²) in [5, 5.41) is 23.3. The van der Waals surface area contributed by atoms with E-state index in [9.17, 15) is 29.4 Å². The summed E-state index contributed by atoms with van der Waals surface area (Å²) < 4.78 is 29.9. The van der Waals surface area contributed by atoms with E-state index in [-0.39, 0.29) is 25.0 Å². The van der Waals surface area contributed by atoms with E-state index >= 15 is 0 Å². The smallest absolute Gasteiger partial charge is 0.454 e. The van der Waals surface area contributed by atoms with Gasteiger partial charge in [0.2, 0.25) is 0 Å². The molecule has 9 atom stereocenters. The van der Waals surface area contributed by atoms with Gasteiger partial charge in [0, 0.05) is 25.2 Å². The summed E-state index contributed by atoms with van der Waals surface area (Å²) in [5.74, 6) is -3.46. The Morgan fingerprint density at radius 2 is 1.73 bits per heavy atom. The molecule has 4 fully saturated rings. The van der Waals surface area contributed by atoms with Crippen molar-refractivity contribution in [2.24, 2.45) is 16.7 Å². The zero-order valence-corrected chi connectivity index (χ0v) is 23.5. The molecule has 1 spiro atoms. The number of aliphatic hydroxyl groups is 2. The van der Waals surface area contributed by atoms with Crippen molar-refractivity contribution in [1.82, 2.24) is 0 Å². The lowest BCUT2D eigenvalue weighted by molar-refractivity contribution is -0.344. The molecule has 2 N–H and O–H groups in total. The van der Waals surface area contributed by atoms with Crippen LogP contribution in [0.15, 0.2) is 41.5 Å². The maximum atomic E-state index is 14.5. The molecule has 3 aliphatic carbocycles. The molecule has 220 valence electrons. The van der Waals surface area contributed by atoms with Crippen LogP contribution in [-0.4, -0.2) is 82.4 Å². The highest BCUT2D eigenvalue weighted by Gasteiger charge is 2.81. The zero-order valence-electron chi connectivity index (χ0n) is 23.5. The van der Waals surface area contributed by atoms with Crippen LogP contribution in [0.3, 0.4) is 0 Å². The van der Waals surface area contributed by atoms with Gasteiger partial charge in [-0.25, -0.2) is 9.59 Å². The Labute approximate surface area is 236 Å². The quantitative estimate of drug-likeness (QED) is 0.312. The maximum absolute atomic E-state index is 14.5. The fourth-order valence-corrected chi connectivity index (χ4v) is 8.45. The van der Waals surface area contributed by atoms with Gasteiger partial charge in [-0.3, -0.25) is 9.59 Å². The fraction of sp³-hybridized carbons (Fsp3) is 0.600. The van der Waals surface area contributed by atoms with Crippen molar-refractivity contribution < 1.29 is 53.1 Å². The summed E-state index contributed by atoms with van der Waals surface area (Å²) in [7, 11) is 0. The molecule has 0 radical (unpaired) electrons. The SMILES string of the molecule is CC(=O)O[C@@]12CO[C@@H]1C[C@H](O)[C@@]1(C)C(=O)[C@H](O)C3=C(C)C[C@@H]4OC(=O)O[C@]4(C(OC(=O)c4ccccc4)C12)C3(C)C. The summed E-state index contributed by atoms with van der Waals surface area (Å²) in [5.41, 5.74) is -5.35. The molecule has 11 nitrogen and oxygen atoms in total. The molecule has 1 aromatic carbocycles. The van der Waals surface area contributed by atoms with Gasteiger partial charge in [-0.15, -0.1) is 0 Å². The molecule has 2 heterocycles. The number of esters is 2. The Hall–Kier alpha value is -3.28. The third kappa shape index (κ3) is 3.42. The fourth-order valence-electron chi connectivity index (χ4n) is 8.45. The van der Waals surface area contributed by atoms with Crippen LogP contribution >= 0.6 is 0 Å². The van der Waals surface area contributed by atoms with Crippen molar-refractivity contribution in [3.05, 3.63) is 47.0 Å². The van der Waals surface area contributed by atoms with Gasteiger partial charge < -0.3 is 33.9 Å². The van der Waals surface area contributed by atoms with Crippen molar-refractivity contribution in [2.45, 2.75) is 89.2 Å². The molecular formula is C30H34O11. The number of Topliss-reactive ketones (excluding diaryl/α,β-unsaturated/α-hetero) is 1. The van der Waals surface area contributed by atoms with Crippen LogP contribution in [0.4, 0.5) is 4.79 Å². The number of carbonyl (C=O) groups excluding carboxylic acids is 4. The molecule has 41 heavy (non-hydrogen) atoms. The van der Waals surface area contributed by atoms with Gasteiger partial charge in [-0.2, -0.15) is 0 Å². The highest BCUT2D eigenvalue weighted by Crippen LogP contribution is 2.66. The molecule has 11 heteroatoms. The third-order valence-corrected chi connectivity index (χ3v) is 10.3. The topological polar surface area (TPSA) is 155 Å². The number of ketones is 1. The molecule has 2 unspecified atom stereocenters.